The van der Waals surface area contributed by atoms with Crippen molar-refractivity contribution in [3.63, 3.8) is 0 Å². The summed E-state index contributed by atoms with van der Waals surface area (Å²) in [6, 6.07) is 0. The van der Waals surface area contributed by atoms with Gasteiger partial charge in [0.25, 0.3) is 5.91 Å². The Balaban J connectivity index is 2.21. The van der Waals surface area contributed by atoms with E-state index in [-0.39, 0.29) is 11.9 Å². The van der Waals surface area contributed by atoms with E-state index in [1.807, 2.05) is 0 Å². The molecule has 0 bridgehead atoms. The van der Waals surface area contributed by atoms with Gasteiger partial charge in [-0.05, 0) is 19.3 Å². The molecule has 0 aliphatic carbocycles. The molecule has 4 N–H and O–H groups in total. The van der Waals surface area contributed by atoms with Crippen LogP contribution >= 0.6 is 0 Å². The number of nitrogens with two attached hydrogens (primary N) is 2. The van der Waals surface area contributed by atoms with Gasteiger partial charge >= 0.3 is 0 Å². The fourth-order valence-electron chi connectivity index (χ4n) is 1.68. The molecule has 1 aromatic heterocycles. The summed E-state index contributed by atoms with van der Waals surface area (Å²) in [5.41, 5.74) is 11.1. The second kappa shape index (κ2) is 3.90. The lowest BCUT2D eigenvalue weighted by Crippen LogP contribution is -2.20. The van der Waals surface area contributed by atoms with Crippen LogP contribution in [0.1, 0.15) is 36.0 Å². The van der Waals surface area contributed by atoms with Gasteiger partial charge in [-0.3, -0.25) is 4.79 Å². The molecule has 1 unspecified atom stereocenters. The molecule has 0 saturated carbocycles. The Kier molecular flexibility index (Phi) is 2.59. The minimum Gasteiger partial charge on any atom is -0.396 e. The molecule has 0 radical (unpaired) electrons. The first-order chi connectivity index (χ1) is 7.18. The second-order valence-electron chi connectivity index (χ2n) is 3.60. The predicted molar refractivity (Wildman–Crippen MR) is 54.0 cm³/mol. The van der Waals surface area contributed by atoms with Crippen molar-refractivity contribution >= 4 is 11.6 Å². The Labute approximate surface area is 87.2 Å². The summed E-state index contributed by atoms with van der Waals surface area (Å²) in [5, 5.41) is 4.03. The maximum atomic E-state index is 10.9. The maximum absolute atomic E-state index is 10.9. The number of primary amides is 1. The number of carbonyl (C=O) groups excluding carboxylic acids is 1. The van der Waals surface area contributed by atoms with Crippen LogP contribution in [0.15, 0.2) is 6.20 Å². The SMILES string of the molecule is NC(=O)c1nn(C2CCCCO2)cc1N. The van der Waals surface area contributed by atoms with Gasteiger partial charge in [-0.2, -0.15) is 5.10 Å². The highest BCUT2D eigenvalue weighted by molar-refractivity contribution is 5.95. The molecule has 6 nitrogen and oxygen atoms in total. The second-order valence-corrected chi connectivity index (χ2v) is 3.60. The Morgan fingerprint density at radius 1 is 1.60 bits per heavy atom. The lowest BCUT2D eigenvalue weighted by Gasteiger charge is -2.22. The van der Waals surface area contributed by atoms with E-state index in [2.05, 4.69) is 5.10 Å². The van der Waals surface area contributed by atoms with Crippen LogP contribution in [0.4, 0.5) is 5.69 Å². The topological polar surface area (TPSA) is 96.2 Å². The number of nitrogen functional groups attached to an aromatic ring is 1. The molecule has 1 fully saturated rings. The number of anilines is 1. The first kappa shape index (κ1) is 9.97. The van der Waals surface area contributed by atoms with Crippen molar-refractivity contribution in [2.24, 2.45) is 5.73 Å². The molecule has 1 aliphatic heterocycles. The smallest absolute Gasteiger partial charge is 0.271 e. The molecule has 0 spiro atoms. The summed E-state index contributed by atoms with van der Waals surface area (Å²) in [7, 11) is 0. The van der Waals surface area contributed by atoms with Crippen molar-refractivity contribution in [2.75, 3.05) is 12.3 Å². The summed E-state index contributed by atoms with van der Waals surface area (Å²) in [4.78, 5) is 10.9. The molecule has 2 rings (SSSR count). The molecule has 1 amide bonds. The molecule has 0 aromatic carbocycles. The van der Waals surface area contributed by atoms with E-state index in [0.29, 0.717) is 5.69 Å². The van der Waals surface area contributed by atoms with Crippen molar-refractivity contribution in [3.05, 3.63) is 11.9 Å². The monoisotopic (exact) mass is 210 g/mol. The summed E-state index contributed by atoms with van der Waals surface area (Å²) in [6.45, 7) is 0.719. The molecule has 1 aromatic rings. The molecular formula is C9H14N4O2. The molecular weight excluding hydrogens is 196 g/mol. The number of aromatic nitrogens is 2. The van der Waals surface area contributed by atoms with Gasteiger partial charge in [-0.25, -0.2) is 4.68 Å². The standard InChI is InChI=1S/C9H14N4O2/c10-6-5-13(12-8(6)9(11)14)7-3-1-2-4-15-7/h5,7H,1-4,10H2,(H2,11,14). The maximum Gasteiger partial charge on any atom is 0.271 e. The third-order valence-electron chi connectivity index (χ3n) is 2.44. The van der Waals surface area contributed by atoms with E-state index in [1.54, 1.807) is 10.9 Å². The van der Waals surface area contributed by atoms with Crippen molar-refractivity contribution in [1.29, 1.82) is 0 Å². The first-order valence-corrected chi connectivity index (χ1v) is 4.94. The number of hydrogen-bond acceptors (Lipinski definition) is 4. The number of amides is 1. The van der Waals surface area contributed by atoms with E-state index in [9.17, 15) is 4.79 Å². The molecule has 6 heteroatoms. The zero-order valence-electron chi connectivity index (χ0n) is 8.35. The molecule has 15 heavy (non-hydrogen) atoms. The average Bonchev–Trinajstić information content (AvgIpc) is 2.62. The minimum atomic E-state index is -0.609. The zero-order chi connectivity index (χ0) is 10.8. The average molecular weight is 210 g/mol. The van der Waals surface area contributed by atoms with Crippen LogP contribution in [0, 0.1) is 0 Å². The quantitative estimate of drug-likeness (QED) is 0.731. The molecule has 1 aliphatic rings. The molecule has 2 heterocycles. The summed E-state index contributed by atoms with van der Waals surface area (Å²) in [6.07, 6.45) is 4.52. The van der Waals surface area contributed by atoms with Gasteiger partial charge < -0.3 is 16.2 Å². The highest BCUT2D eigenvalue weighted by atomic mass is 16.5. The van der Waals surface area contributed by atoms with E-state index in [0.717, 1.165) is 25.9 Å². The van der Waals surface area contributed by atoms with Crippen LogP contribution in [-0.4, -0.2) is 22.3 Å². The molecule has 1 atom stereocenters. The molecule has 82 valence electrons. The van der Waals surface area contributed by atoms with E-state index >= 15 is 0 Å². The highest BCUT2D eigenvalue weighted by Crippen LogP contribution is 2.23. The van der Waals surface area contributed by atoms with Gasteiger partial charge in [0, 0.05) is 6.61 Å². The van der Waals surface area contributed by atoms with Crippen LogP contribution in [0.25, 0.3) is 0 Å². The van der Waals surface area contributed by atoms with Gasteiger partial charge in [0.1, 0.15) is 6.23 Å². The van der Waals surface area contributed by atoms with Crippen molar-refractivity contribution < 1.29 is 9.53 Å². The Hall–Kier alpha value is -1.56. The Morgan fingerprint density at radius 3 is 2.93 bits per heavy atom. The summed E-state index contributed by atoms with van der Waals surface area (Å²) >= 11 is 0. The van der Waals surface area contributed by atoms with Gasteiger partial charge in [0.15, 0.2) is 5.69 Å². The van der Waals surface area contributed by atoms with Gasteiger partial charge in [-0.15, -0.1) is 0 Å². The number of nitrogens with zero attached hydrogens (tertiary/aromatic N) is 2. The van der Waals surface area contributed by atoms with Gasteiger partial charge in [-0.1, -0.05) is 0 Å². The lowest BCUT2D eigenvalue weighted by molar-refractivity contribution is -0.0395. The van der Waals surface area contributed by atoms with Crippen molar-refractivity contribution in [3.8, 4) is 0 Å². The van der Waals surface area contributed by atoms with Crippen LogP contribution in [0.2, 0.25) is 0 Å². The van der Waals surface area contributed by atoms with Crippen LogP contribution < -0.4 is 11.5 Å². The zero-order valence-corrected chi connectivity index (χ0v) is 8.35. The fourth-order valence-corrected chi connectivity index (χ4v) is 1.68. The number of ether oxygens (including phenoxy) is 1. The number of carbonyl (C=O) groups is 1. The van der Waals surface area contributed by atoms with Crippen LogP contribution in [-0.2, 0) is 4.74 Å². The third kappa shape index (κ3) is 1.94. The van der Waals surface area contributed by atoms with Crippen LogP contribution in [0.5, 0.6) is 0 Å². The van der Waals surface area contributed by atoms with E-state index < -0.39 is 5.91 Å². The Bertz CT molecular complexity index is 368. The number of hydrogen-bond donors (Lipinski definition) is 2. The summed E-state index contributed by atoms with van der Waals surface area (Å²) < 4.78 is 7.08. The van der Waals surface area contributed by atoms with Crippen molar-refractivity contribution in [2.45, 2.75) is 25.5 Å². The van der Waals surface area contributed by atoms with Gasteiger partial charge in [0.2, 0.25) is 0 Å². The summed E-state index contributed by atoms with van der Waals surface area (Å²) in [5.74, 6) is -0.609. The molecule has 1 saturated heterocycles. The largest absolute Gasteiger partial charge is 0.396 e. The Morgan fingerprint density at radius 2 is 2.40 bits per heavy atom. The van der Waals surface area contributed by atoms with E-state index in [1.165, 1.54) is 0 Å². The fraction of sp³-hybridized carbons (Fsp3) is 0.556. The van der Waals surface area contributed by atoms with Gasteiger partial charge in [0.05, 0.1) is 11.9 Å². The minimum absolute atomic E-state index is 0.115. The van der Waals surface area contributed by atoms with Crippen molar-refractivity contribution in [1.82, 2.24) is 9.78 Å². The third-order valence-corrected chi connectivity index (χ3v) is 2.44. The number of rotatable bonds is 2. The van der Waals surface area contributed by atoms with E-state index in [4.69, 9.17) is 16.2 Å². The lowest BCUT2D eigenvalue weighted by atomic mass is 10.2. The normalized spacial score (nSPS) is 21.5. The first-order valence-electron chi connectivity index (χ1n) is 4.94. The predicted octanol–water partition coefficient (Wildman–Crippen LogP) is 0.263. The van der Waals surface area contributed by atoms with Crippen LogP contribution in [0.3, 0.4) is 0 Å². The highest BCUT2D eigenvalue weighted by Gasteiger charge is 2.19.